The van der Waals surface area contributed by atoms with Gasteiger partial charge in [0.1, 0.15) is 5.75 Å². The van der Waals surface area contributed by atoms with Crippen molar-refractivity contribution in [2.45, 2.75) is 150 Å². The van der Waals surface area contributed by atoms with Crippen LogP contribution >= 0.6 is 0 Å². The molecule has 2 aliphatic rings. The Balaban J connectivity index is 0.000000474. The zero-order chi connectivity index (χ0) is 25.3. The highest BCUT2D eigenvalue weighted by atomic mass is 16.5. The molecule has 0 amide bonds. The average Bonchev–Trinajstić information content (AvgIpc) is 3.31. The van der Waals surface area contributed by atoms with Crippen LogP contribution < -0.4 is 4.74 Å². The highest BCUT2D eigenvalue weighted by Crippen LogP contribution is 2.35. The molecule has 0 bridgehead atoms. The second-order valence-electron chi connectivity index (χ2n) is 10.7. The second kappa shape index (κ2) is 17.9. The maximum absolute atomic E-state index is 6.59. The average molecular weight is 481 g/mol. The maximum atomic E-state index is 6.59. The van der Waals surface area contributed by atoms with Crippen molar-refractivity contribution in [2.24, 2.45) is 5.92 Å². The monoisotopic (exact) mass is 480 g/mol. The Morgan fingerprint density at radius 1 is 0.714 bits per heavy atom. The molecule has 0 aliphatic heterocycles. The van der Waals surface area contributed by atoms with E-state index in [2.05, 4.69) is 51.1 Å². The summed E-state index contributed by atoms with van der Waals surface area (Å²) in [5, 5.41) is 2.80. The Morgan fingerprint density at radius 2 is 1.29 bits per heavy atom. The Kier molecular flexibility index (Phi) is 15.2. The van der Waals surface area contributed by atoms with Crippen molar-refractivity contribution in [1.29, 1.82) is 0 Å². The van der Waals surface area contributed by atoms with E-state index in [4.69, 9.17) is 4.74 Å². The molecule has 2 aromatic carbocycles. The van der Waals surface area contributed by atoms with Crippen LogP contribution in [0.1, 0.15) is 142 Å². The van der Waals surface area contributed by atoms with Gasteiger partial charge in [-0.1, -0.05) is 129 Å². The summed E-state index contributed by atoms with van der Waals surface area (Å²) in [5.41, 5.74) is 2.90. The van der Waals surface area contributed by atoms with Gasteiger partial charge in [-0.25, -0.2) is 0 Å². The van der Waals surface area contributed by atoms with Gasteiger partial charge in [-0.05, 0) is 67.5 Å². The van der Waals surface area contributed by atoms with Gasteiger partial charge in [0.05, 0.1) is 6.10 Å². The van der Waals surface area contributed by atoms with Crippen molar-refractivity contribution < 1.29 is 4.74 Å². The summed E-state index contributed by atoms with van der Waals surface area (Å²) in [4.78, 5) is 0. The van der Waals surface area contributed by atoms with Crippen LogP contribution in [0.5, 0.6) is 5.75 Å². The van der Waals surface area contributed by atoms with E-state index in [1.165, 1.54) is 131 Å². The van der Waals surface area contributed by atoms with E-state index in [1.807, 2.05) is 13.8 Å². The molecule has 0 aromatic heterocycles. The van der Waals surface area contributed by atoms with Crippen LogP contribution in [0, 0.1) is 12.8 Å². The molecular weight excluding hydrogens is 424 g/mol. The predicted molar refractivity (Wildman–Crippen MR) is 157 cm³/mol. The van der Waals surface area contributed by atoms with Gasteiger partial charge in [0.2, 0.25) is 0 Å². The number of fused-ring (bicyclic) bond motifs is 1. The molecule has 1 heteroatoms. The largest absolute Gasteiger partial charge is 0.490 e. The van der Waals surface area contributed by atoms with E-state index in [0.29, 0.717) is 6.10 Å². The van der Waals surface area contributed by atoms with E-state index in [0.717, 1.165) is 11.7 Å². The highest BCUT2D eigenvalue weighted by Gasteiger charge is 2.18. The molecule has 0 heterocycles. The lowest BCUT2D eigenvalue weighted by Crippen LogP contribution is -2.15. The Labute approximate surface area is 218 Å². The fourth-order valence-corrected chi connectivity index (χ4v) is 5.80. The molecular formula is C34H56O. The van der Waals surface area contributed by atoms with Crippen molar-refractivity contribution in [1.82, 2.24) is 0 Å². The summed E-state index contributed by atoms with van der Waals surface area (Å²) < 4.78 is 6.59. The Bertz CT molecular complexity index is 788. The van der Waals surface area contributed by atoms with Crippen LogP contribution in [0.25, 0.3) is 10.8 Å². The van der Waals surface area contributed by atoms with Crippen molar-refractivity contribution >= 4 is 10.8 Å². The summed E-state index contributed by atoms with van der Waals surface area (Å²) in [5.74, 6) is 1.99. The number of benzene rings is 2. The third-order valence-corrected chi connectivity index (χ3v) is 7.84. The molecule has 0 spiro atoms. The highest BCUT2D eigenvalue weighted by molar-refractivity contribution is 5.93. The molecule has 35 heavy (non-hydrogen) atoms. The van der Waals surface area contributed by atoms with Gasteiger partial charge < -0.3 is 4.74 Å². The van der Waals surface area contributed by atoms with E-state index >= 15 is 0 Å². The summed E-state index contributed by atoms with van der Waals surface area (Å²) in [6.07, 6.45) is 23.5. The molecule has 1 nitrogen and oxygen atoms in total. The van der Waals surface area contributed by atoms with E-state index < -0.39 is 0 Å². The van der Waals surface area contributed by atoms with Gasteiger partial charge in [0.15, 0.2) is 0 Å². The summed E-state index contributed by atoms with van der Waals surface area (Å²) in [6, 6.07) is 11.5. The first-order valence-electron chi connectivity index (χ1n) is 15.4. The van der Waals surface area contributed by atoms with Crippen LogP contribution in [0.2, 0.25) is 0 Å². The van der Waals surface area contributed by atoms with Gasteiger partial charge >= 0.3 is 0 Å². The Hall–Kier alpha value is -1.50. The molecule has 2 fully saturated rings. The molecule has 0 N–H and O–H groups in total. The van der Waals surface area contributed by atoms with Crippen molar-refractivity contribution in [2.75, 3.05) is 0 Å². The molecule has 4 rings (SSSR count). The molecule has 0 unspecified atom stereocenters. The van der Waals surface area contributed by atoms with E-state index in [-0.39, 0.29) is 0 Å². The number of aryl methyl sites for hydroxylation is 1. The number of hydrogen-bond acceptors (Lipinski definition) is 1. The minimum Gasteiger partial charge on any atom is -0.490 e. The van der Waals surface area contributed by atoms with Crippen LogP contribution in [0.4, 0.5) is 0 Å². The standard InChI is InChI=1S/C26H36O.C6H14.C2H6/c1-20-17-18-22(19-21-11-6-2-3-7-12-21)24-15-10-16-25(26(20)24)27-23-13-8-4-5-9-14-23;1-3-5-6-4-2;1-2/h10,15-18,21,23H,2-9,11-14,19H2,1H3;3-6H2,1-2H3;1-2H3. The lowest BCUT2D eigenvalue weighted by atomic mass is 9.89. The first-order valence-corrected chi connectivity index (χ1v) is 15.4. The molecule has 2 aromatic rings. The van der Waals surface area contributed by atoms with Crippen LogP contribution in [0.15, 0.2) is 30.3 Å². The zero-order valence-corrected chi connectivity index (χ0v) is 24.0. The van der Waals surface area contributed by atoms with Gasteiger partial charge in [0, 0.05) is 5.39 Å². The summed E-state index contributed by atoms with van der Waals surface area (Å²) >= 11 is 0. The quantitative estimate of drug-likeness (QED) is 0.283. The lowest BCUT2D eigenvalue weighted by Gasteiger charge is -2.21. The molecule has 0 atom stereocenters. The van der Waals surface area contributed by atoms with Crippen LogP contribution in [-0.2, 0) is 6.42 Å². The molecule has 0 radical (unpaired) electrons. The van der Waals surface area contributed by atoms with Gasteiger partial charge in [-0.2, -0.15) is 0 Å². The van der Waals surface area contributed by atoms with Crippen molar-refractivity contribution in [3.63, 3.8) is 0 Å². The Morgan fingerprint density at radius 3 is 1.86 bits per heavy atom. The number of ether oxygens (including phenoxy) is 1. The van der Waals surface area contributed by atoms with Crippen molar-refractivity contribution in [3.8, 4) is 5.75 Å². The fourth-order valence-electron chi connectivity index (χ4n) is 5.80. The molecule has 198 valence electrons. The number of hydrogen-bond donors (Lipinski definition) is 0. The predicted octanol–water partition coefficient (Wildman–Crippen LogP) is 11.4. The van der Waals surface area contributed by atoms with E-state index in [1.54, 1.807) is 0 Å². The first kappa shape index (κ1) is 29.7. The fraction of sp³-hybridized carbons (Fsp3) is 0.706. The minimum atomic E-state index is 0.406. The van der Waals surface area contributed by atoms with Crippen LogP contribution in [0.3, 0.4) is 0 Å². The smallest absolute Gasteiger partial charge is 0.127 e. The lowest BCUT2D eigenvalue weighted by molar-refractivity contribution is 0.186. The van der Waals surface area contributed by atoms with Gasteiger partial charge in [0.25, 0.3) is 0 Å². The van der Waals surface area contributed by atoms with Crippen LogP contribution in [-0.4, -0.2) is 6.10 Å². The molecule has 0 saturated heterocycles. The summed E-state index contributed by atoms with van der Waals surface area (Å²) in [7, 11) is 0. The minimum absolute atomic E-state index is 0.406. The molecule has 2 aliphatic carbocycles. The topological polar surface area (TPSA) is 9.23 Å². The summed E-state index contributed by atoms with van der Waals surface area (Å²) in [6.45, 7) is 10.7. The number of unbranched alkanes of at least 4 members (excludes halogenated alkanes) is 3. The third-order valence-electron chi connectivity index (χ3n) is 7.84. The second-order valence-corrected chi connectivity index (χ2v) is 10.7. The van der Waals surface area contributed by atoms with Gasteiger partial charge in [-0.3, -0.25) is 0 Å². The zero-order valence-electron chi connectivity index (χ0n) is 24.0. The molecule has 2 saturated carbocycles. The van der Waals surface area contributed by atoms with E-state index in [9.17, 15) is 0 Å². The number of rotatable bonds is 7. The maximum Gasteiger partial charge on any atom is 0.127 e. The normalized spacial score (nSPS) is 17.4. The third kappa shape index (κ3) is 10.2. The van der Waals surface area contributed by atoms with Gasteiger partial charge in [-0.15, -0.1) is 0 Å². The van der Waals surface area contributed by atoms with Crippen molar-refractivity contribution in [3.05, 3.63) is 41.5 Å². The first-order chi connectivity index (χ1) is 17.2. The SMILES string of the molecule is CC.CCCCCC.Cc1ccc(CC2CCCCCC2)c2cccc(OC3CCCCCC3)c12.